The first-order valence-corrected chi connectivity index (χ1v) is 7.94. The van der Waals surface area contributed by atoms with Crippen LogP contribution in [-0.2, 0) is 6.54 Å². The summed E-state index contributed by atoms with van der Waals surface area (Å²) in [6.45, 7) is 0.187. The third-order valence-corrected chi connectivity index (χ3v) is 4.05. The van der Waals surface area contributed by atoms with Crippen LogP contribution in [0.1, 0.15) is 15.9 Å². The van der Waals surface area contributed by atoms with E-state index in [0.717, 1.165) is 5.69 Å². The van der Waals surface area contributed by atoms with E-state index in [-0.39, 0.29) is 17.8 Å². The van der Waals surface area contributed by atoms with Gasteiger partial charge in [0.15, 0.2) is 0 Å². The van der Waals surface area contributed by atoms with Gasteiger partial charge in [-0.15, -0.1) is 0 Å². The van der Waals surface area contributed by atoms with Gasteiger partial charge >= 0.3 is 0 Å². The van der Waals surface area contributed by atoms with Crippen molar-refractivity contribution in [1.82, 2.24) is 9.78 Å². The number of nitrogens with one attached hydrogen (secondary N) is 1. The highest BCUT2D eigenvalue weighted by Crippen LogP contribution is 2.26. The molecule has 0 atom stereocenters. The first kappa shape index (κ1) is 17.4. The van der Waals surface area contributed by atoms with Crippen LogP contribution < -0.4 is 11.1 Å². The molecule has 0 aliphatic heterocycles. The van der Waals surface area contributed by atoms with Crippen LogP contribution in [0, 0.1) is 10.1 Å². The van der Waals surface area contributed by atoms with Crippen molar-refractivity contribution in [3.8, 4) is 5.69 Å². The Morgan fingerprint density at radius 3 is 2.73 bits per heavy atom. The normalized spacial score (nSPS) is 10.5. The molecule has 0 aliphatic carbocycles. The second-order valence-electron chi connectivity index (χ2n) is 5.44. The predicted octanol–water partition coefficient (Wildman–Crippen LogP) is 3.14. The lowest BCUT2D eigenvalue weighted by atomic mass is 10.1. The third kappa shape index (κ3) is 3.65. The molecule has 0 saturated heterocycles. The van der Waals surface area contributed by atoms with E-state index in [9.17, 15) is 14.9 Å². The number of rotatable bonds is 6. The van der Waals surface area contributed by atoms with Crippen molar-refractivity contribution < 1.29 is 9.72 Å². The summed E-state index contributed by atoms with van der Waals surface area (Å²) < 4.78 is 1.64. The summed E-state index contributed by atoms with van der Waals surface area (Å²) in [5.41, 5.74) is 6.93. The van der Waals surface area contributed by atoms with Gasteiger partial charge in [-0.1, -0.05) is 11.6 Å². The van der Waals surface area contributed by atoms with Gasteiger partial charge in [0.2, 0.25) is 5.91 Å². The first-order chi connectivity index (χ1) is 12.5. The number of halogens is 1. The van der Waals surface area contributed by atoms with Crippen molar-refractivity contribution in [3.05, 3.63) is 81.1 Å². The average molecular weight is 372 g/mol. The number of nitrogens with zero attached hydrogens (tertiary/aromatic N) is 3. The number of hydrogen-bond donors (Lipinski definition) is 2. The third-order valence-electron chi connectivity index (χ3n) is 3.75. The minimum absolute atomic E-state index is 0.0899. The number of carbonyl (C=O) groups is 1. The maximum Gasteiger partial charge on any atom is 0.275 e. The van der Waals surface area contributed by atoms with Gasteiger partial charge < -0.3 is 11.1 Å². The Morgan fingerprint density at radius 2 is 2.12 bits per heavy atom. The lowest BCUT2D eigenvalue weighted by molar-refractivity contribution is -0.385. The molecule has 1 aromatic heterocycles. The number of benzene rings is 2. The van der Waals surface area contributed by atoms with Crippen molar-refractivity contribution in [2.24, 2.45) is 5.73 Å². The van der Waals surface area contributed by atoms with Gasteiger partial charge in [-0.05, 0) is 36.4 Å². The van der Waals surface area contributed by atoms with Gasteiger partial charge in [0, 0.05) is 41.8 Å². The second-order valence-corrected chi connectivity index (χ2v) is 5.84. The number of anilines is 1. The van der Waals surface area contributed by atoms with E-state index >= 15 is 0 Å². The molecule has 132 valence electrons. The number of carbonyl (C=O) groups excluding carboxylic acids is 1. The average Bonchev–Trinajstić information content (AvgIpc) is 3.14. The Morgan fingerprint density at radius 1 is 1.31 bits per heavy atom. The SMILES string of the molecule is NC(=O)c1ccc(CNc2ccc(-n3cccn3)c(Cl)c2)c([N+](=O)[O-])c1. The Bertz CT molecular complexity index is 973. The molecule has 0 radical (unpaired) electrons. The molecular weight excluding hydrogens is 358 g/mol. The number of nitro benzene ring substituents is 1. The lowest BCUT2D eigenvalue weighted by Crippen LogP contribution is -2.12. The Labute approximate surface area is 153 Å². The van der Waals surface area contributed by atoms with Crippen LogP contribution in [0.3, 0.4) is 0 Å². The zero-order valence-electron chi connectivity index (χ0n) is 13.4. The molecule has 3 rings (SSSR count). The van der Waals surface area contributed by atoms with Gasteiger partial charge in [0.1, 0.15) is 0 Å². The maximum absolute atomic E-state index is 11.2. The Hall–Kier alpha value is -3.39. The molecular formula is C17H14ClN5O3. The number of aromatic nitrogens is 2. The van der Waals surface area contributed by atoms with Crippen LogP contribution in [0.5, 0.6) is 0 Å². The predicted molar refractivity (Wildman–Crippen MR) is 97.5 cm³/mol. The summed E-state index contributed by atoms with van der Waals surface area (Å²) in [6.07, 6.45) is 3.43. The van der Waals surface area contributed by atoms with Crippen LogP contribution in [0.15, 0.2) is 54.9 Å². The molecule has 8 nitrogen and oxygen atoms in total. The van der Waals surface area contributed by atoms with Crippen molar-refractivity contribution in [2.75, 3.05) is 5.32 Å². The van der Waals surface area contributed by atoms with Crippen LogP contribution in [0.25, 0.3) is 5.69 Å². The van der Waals surface area contributed by atoms with Crippen molar-refractivity contribution in [1.29, 1.82) is 0 Å². The van der Waals surface area contributed by atoms with Crippen LogP contribution in [0.4, 0.5) is 11.4 Å². The molecule has 3 aromatic rings. The monoisotopic (exact) mass is 371 g/mol. The van der Waals surface area contributed by atoms with E-state index in [2.05, 4.69) is 10.4 Å². The standard InChI is InChI=1S/C17H14ClN5O3/c18-14-9-13(4-5-15(14)22-7-1-6-21-22)20-10-12-3-2-11(17(19)24)8-16(12)23(25)26/h1-9,20H,10H2,(H2,19,24). The van der Waals surface area contributed by atoms with Crippen LogP contribution in [0.2, 0.25) is 5.02 Å². The van der Waals surface area contributed by atoms with E-state index in [1.807, 2.05) is 0 Å². The van der Waals surface area contributed by atoms with Crippen molar-refractivity contribution in [3.63, 3.8) is 0 Å². The molecule has 9 heteroatoms. The summed E-state index contributed by atoms with van der Waals surface area (Å²) in [5, 5.41) is 18.9. The summed E-state index contributed by atoms with van der Waals surface area (Å²) in [5.74, 6) is -0.714. The number of amides is 1. The molecule has 1 amide bonds. The minimum Gasteiger partial charge on any atom is -0.381 e. The maximum atomic E-state index is 11.2. The first-order valence-electron chi connectivity index (χ1n) is 7.56. The summed E-state index contributed by atoms with van der Waals surface area (Å²) >= 11 is 6.28. The molecule has 0 bridgehead atoms. The number of primary amides is 1. The topological polar surface area (TPSA) is 116 Å². The lowest BCUT2D eigenvalue weighted by Gasteiger charge is -2.10. The van der Waals surface area contributed by atoms with E-state index in [4.69, 9.17) is 17.3 Å². The van der Waals surface area contributed by atoms with Gasteiger partial charge in [-0.3, -0.25) is 14.9 Å². The minimum atomic E-state index is -0.714. The molecule has 2 aromatic carbocycles. The zero-order valence-corrected chi connectivity index (χ0v) is 14.2. The van der Waals surface area contributed by atoms with E-state index in [1.165, 1.54) is 18.2 Å². The van der Waals surface area contributed by atoms with E-state index < -0.39 is 10.8 Å². The highest BCUT2D eigenvalue weighted by atomic mass is 35.5. The quantitative estimate of drug-likeness (QED) is 0.510. The number of nitro groups is 1. The molecule has 0 aliphatic rings. The fraction of sp³-hybridized carbons (Fsp3) is 0.0588. The fourth-order valence-electron chi connectivity index (χ4n) is 2.45. The summed E-state index contributed by atoms with van der Waals surface area (Å²) in [4.78, 5) is 21.9. The van der Waals surface area contributed by atoms with Gasteiger partial charge in [0.25, 0.3) is 5.69 Å². The van der Waals surface area contributed by atoms with Crippen molar-refractivity contribution in [2.45, 2.75) is 6.54 Å². The Balaban J connectivity index is 1.80. The zero-order chi connectivity index (χ0) is 18.7. The summed E-state index contributed by atoms with van der Waals surface area (Å²) in [7, 11) is 0. The van der Waals surface area contributed by atoms with E-state index in [1.54, 1.807) is 41.3 Å². The van der Waals surface area contributed by atoms with Crippen LogP contribution >= 0.6 is 11.6 Å². The van der Waals surface area contributed by atoms with Gasteiger partial charge in [-0.25, -0.2) is 4.68 Å². The largest absolute Gasteiger partial charge is 0.381 e. The van der Waals surface area contributed by atoms with Crippen LogP contribution in [-0.4, -0.2) is 20.6 Å². The second kappa shape index (κ2) is 7.24. The molecule has 0 fully saturated rings. The highest BCUT2D eigenvalue weighted by molar-refractivity contribution is 6.32. The fourth-order valence-corrected chi connectivity index (χ4v) is 2.71. The molecule has 26 heavy (non-hydrogen) atoms. The molecule has 3 N–H and O–H groups in total. The Kier molecular flexibility index (Phi) is 4.85. The van der Waals surface area contributed by atoms with Gasteiger partial charge in [0.05, 0.1) is 15.6 Å². The molecule has 0 spiro atoms. The number of nitrogens with two attached hydrogens (primary N) is 1. The molecule has 1 heterocycles. The van der Waals surface area contributed by atoms with Gasteiger partial charge in [-0.2, -0.15) is 5.10 Å². The van der Waals surface area contributed by atoms with Crippen molar-refractivity contribution >= 4 is 28.9 Å². The smallest absolute Gasteiger partial charge is 0.275 e. The summed E-state index contributed by atoms with van der Waals surface area (Å²) in [6, 6.07) is 11.2. The molecule has 0 unspecified atom stereocenters. The molecule has 0 saturated carbocycles. The number of hydrogen-bond acceptors (Lipinski definition) is 5. The van der Waals surface area contributed by atoms with E-state index in [0.29, 0.717) is 16.3 Å². The highest BCUT2D eigenvalue weighted by Gasteiger charge is 2.16.